The number of para-hydroxylation sites is 1. The Morgan fingerprint density at radius 3 is 2.17 bits per heavy atom. The summed E-state index contributed by atoms with van der Waals surface area (Å²) in [5.74, 6) is 0.419. The van der Waals surface area contributed by atoms with E-state index < -0.39 is 0 Å². The van der Waals surface area contributed by atoms with E-state index in [-0.39, 0.29) is 0 Å². The molecule has 1 aliphatic carbocycles. The quantitative estimate of drug-likeness (QED) is 0.700. The lowest BCUT2D eigenvalue weighted by atomic mass is 9.92. The summed E-state index contributed by atoms with van der Waals surface area (Å²) >= 11 is 0. The summed E-state index contributed by atoms with van der Waals surface area (Å²) in [6, 6.07) is 21.2. The van der Waals surface area contributed by atoms with Crippen molar-refractivity contribution in [3.05, 3.63) is 102 Å². The molecule has 2 aromatic rings. The molecule has 0 fully saturated rings. The van der Waals surface area contributed by atoms with Gasteiger partial charge in [0.05, 0.1) is 0 Å². The minimum atomic E-state index is 0.419. The van der Waals surface area contributed by atoms with Gasteiger partial charge in [-0.1, -0.05) is 73.7 Å². The van der Waals surface area contributed by atoms with Crippen molar-refractivity contribution >= 4 is 5.69 Å². The van der Waals surface area contributed by atoms with Gasteiger partial charge in [-0.3, -0.25) is 0 Å². The average molecular weight is 301 g/mol. The molecule has 116 valence electrons. The molecule has 1 nitrogen and oxygen atoms in total. The van der Waals surface area contributed by atoms with Gasteiger partial charge in [0.2, 0.25) is 0 Å². The molecule has 0 radical (unpaired) electrons. The van der Waals surface area contributed by atoms with Crippen molar-refractivity contribution in [3.8, 4) is 0 Å². The molecule has 0 saturated carbocycles. The number of rotatable bonds is 4. The Bertz CT molecular complexity index is 660. The normalized spacial score (nSPS) is 15.4. The van der Waals surface area contributed by atoms with E-state index in [1.807, 2.05) is 0 Å². The first-order chi connectivity index (χ1) is 11.3. The molecular formula is C22H23N. The zero-order valence-electron chi connectivity index (χ0n) is 13.8. The van der Waals surface area contributed by atoms with Gasteiger partial charge in [0.1, 0.15) is 0 Å². The van der Waals surface area contributed by atoms with Crippen molar-refractivity contribution in [3.63, 3.8) is 0 Å². The zero-order valence-corrected chi connectivity index (χ0v) is 13.8. The molecule has 0 aromatic heterocycles. The smallest absolute Gasteiger partial charge is 0.0407 e. The van der Waals surface area contributed by atoms with Crippen LogP contribution in [0.15, 0.2) is 96.2 Å². The fraction of sp³-hybridized carbons (Fsp3) is 0.182. The molecular weight excluding hydrogens is 278 g/mol. The molecule has 0 spiro atoms. The maximum Gasteiger partial charge on any atom is 0.0407 e. The van der Waals surface area contributed by atoms with Gasteiger partial charge in [-0.2, -0.15) is 0 Å². The highest BCUT2D eigenvalue weighted by atomic mass is 15.1. The third-order valence-electron chi connectivity index (χ3n) is 4.46. The molecule has 2 aromatic carbocycles. The van der Waals surface area contributed by atoms with Crippen LogP contribution in [0.25, 0.3) is 0 Å². The number of hydrogen-bond acceptors (Lipinski definition) is 1. The molecule has 0 heterocycles. The fourth-order valence-electron chi connectivity index (χ4n) is 2.94. The van der Waals surface area contributed by atoms with Gasteiger partial charge >= 0.3 is 0 Å². The molecule has 0 bridgehead atoms. The maximum absolute atomic E-state index is 2.33. The van der Waals surface area contributed by atoms with Crippen LogP contribution in [-0.4, -0.2) is 7.05 Å². The van der Waals surface area contributed by atoms with E-state index in [1.165, 1.54) is 22.5 Å². The van der Waals surface area contributed by atoms with E-state index in [0.29, 0.717) is 5.92 Å². The number of benzene rings is 2. The number of hydrogen-bond donors (Lipinski definition) is 0. The molecule has 0 N–H and O–H groups in total. The predicted molar refractivity (Wildman–Crippen MR) is 99.6 cm³/mol. The van der Waals surface area contributed by atoms with Gasteiger partial charge in [-0.05, 0) is 35.8 Å². The lowest BCUT2D eigenvalue weighted by molar-refractivity contribution is 0.915. The Kier molecular flexibility index (Phi) is 4.77. The second-order valence-corrected chi connectivity index (χ2v) is 5.93. The first-order valence-electron chi connectivity index (χ1n) is 8.18. The Balaban J connectivity index is 1.77. The van der Waals surface area contributed by atoms with Gasteiger partial charge in [0.15, 0.2) is 0 Å². The summed E-state index contributed by atoms with van der Waals surface area (Å²) in [6.45, 7) is 2.28. The molecule has 23 heavy (non-hydrogen) atoms. The SMILES string of the molecule is CC(C1=CCC=C(N(C)c2ccccc2)C=C1)c1ccccc1. The highest BCUT2D eigenvalue weighted by Crippen LogP contribution is 2.28. The minimum absolute atomic E-state index is 0.419. The molecule has 3 rings (SSSR count). The van der Waals surface area contributed by atoms with Crippen molar-refractivity contribution in [1.29, 1.82) is 0 Å². The van der Waals surface area contributed by atoms with Gasteiger partial charge in [-0.15, -0.1) is 0 Å². The van der Waals surface area contributed by atoms with Crippen molar-refractivity contribution in [1.82, 2.24) is 0 Å². The Hall–Kier alpha value is -2.54. The number of nitrogens with zero attached hydrogens (tertiary/aromatic N) is 1. The third kappa shape index (κ3) is 3.62. The van der Waals surface area contributed by atoms with E-state index in [4.69, 9.17) is 0 Å². The van der Waals surface area contributed by atoms with Crippen molar-refractivity contribution < 1.29 is 0 Å². The second kappa shape index (κ2) is 7.15. The predicted octanol–water partition coefficient (Wildman–Crippen LogP) is 5.70. The molecule has 0 aliphatic heterocycles. The largest absolute Gasteiger partial charge is 0.345 e. The highest BCUT2D eigenvalue weighted by molar-refractivity contribution is 5.55. The van der Waals surface area contributed by atoms with Crippen LogP contribution in [-0.2, 0) is 0 Å². The zero-order chi connectivity index (χ0) is 16.1. The first-order valence-corrected chi connectivity index (χ1v) is 8.18. The maximum atomic E-state index is 2.33. The molecule has 0 amide bonds. The molecule has 1 heteroatoms. The van der Waals surface area contributed by atoms with E-state index >= 15 is 0 Å². The van der Waals surface area contributed by atoms with Gasteiger partial charge in [0.25, 0.3) is 0 Å². The number of anilines is 1. The van der Waals surface area contributed by atoms with Crippen LogP contribution in [0.5, 0.6) is 0 Å². The van der Waals surface area contributed by atoms with Crippen LogP contribution in [0.4, 0.5) is 5.69 Å². The van der Waals surface area contributed by atoms with E-state index in [9.17, 15) is 0 Å². The van der Waals surface area contributed by atoms with Crippen LogP contribution < -0.4 is 4.90 Å². The summed E-state index contributed by atoms with van der Waals surface area (Å²) in [5, 5.41) is 0. The summed E-state index contributed by atoms with van der Waals surface area (Å²) < 4.78 is 0. The topological polar surface area (TPSA) is 3.24 Å². The lowest BCUT2D eigenvalue weighted by Crippen LogP contribution is -2.14. The number of allylic oxidation sites excluding steroid dienone is 5. The Morgan fingerprint density at radius 2 is 1.48 bits per heavy atom. The van der Waals surface area contributed by atoms with Crippen LogP contribution in [0, 0.1) is 0 Å². The molecule has 1 unspecified atom stereocenters. The van der Waals surface area contributed by atoms with Crippen LogP contribution in [0.3, 0.4) is 0 Å². The van der Waals surface area contributed by atoms with Crippen LogP contribution in [0.1, 0.15) is 24.8 Å². The van der Waals surface area contributed by atoms with E-state index in [2.05, 4.69) is 104 Å². The Labute approximate surface area is 139 Å². The summed E-state index contributed by atoms with van der Waals surface area (Å²) in [4.78, 5) is 2.24. The van der Waals surface area contributed by atoms with Crippen molar-refractivity contribution in [2.45, 2.75) is 19.3 Å². The van der Waals surface area contributed by atoms with Gasteiger partial charge in [0, 0.05) is 24.4 Å². The van der Waals surface area contributed by atoms with Gasteiger partial charge < -0.3 is 4.90 Å². The standard InChI is InChI=1S/C22H23N/c1-18(19-10-5-3-6-11-19)20-12-9-15-22(17-16-20)23(2)21-13-7-4-8-14-21/h3-8,10-18H,9H2,1-2H3. The summed E-state index contributed by atoms with van der Waals surface area (Å²) in [5.41, 5.74) is 5.19. The van der Waals surface area contributed by atoms with Crippen LogP contribution >= 0.6 is 0 Å². The van der Waals surface area contributed by atoms with Crippen molar-refractivity contribution in [2.75, 3.05) is 11.9 Å². The van der Waals surface area contributed by atoms with E-state index in [1.54, 1.807) is 0 Å². The summed E-state index contributed by atoms with van der Waals surface area (Å²) in [6.07, 6.45) is 10.1. The van der Waals surface area contributed by atoms with E-state index in [0.717, 1.165) is 6.42 Å². The van der Waals surface area contributed by atoms with Crippen LogP contribution in [0.2, 0.25) is 0 Å². The molecule has 0 saturated heterocycles. The molecule has 1 aliphatic rings. The van der Waals surface area contributed by atoms with Crippen molar-refractivity contribution in [2.24, 2.45) is 0 Å². The van der Waals surface area contributed by atoms with Gasteiger partial charge in [-0.25, -0.2) is 0 Å². The monoisotopic (exact) mass is 301 g/mol. The average Bonchev–Trinajstić information content (AvgIpc) is 2.88. The first kappa shape index (κ1) is 15.4. The second-order valence-electron chi connectivity index (χ2n) is 5.93. The lowest BCUT2D eigenvalue weighted by Gasteiger charge is -2.20. The minimum Gasteiger partial charge on any atom is -0.345 e. The number of likely N-dealkylation sites (N-methyl/N-ethyl adjacent to an activating group) is 1. The fourth-order valence-corrected chi connectivity index (χ4v) is 2.94. The third-order valence-corrected chi connectivity index (χ3v) is 4.46. The Morgan fingerprint density at radius 1 is 0.826 bits per heavy atom. The summed E-state index contributed by atoms with van der Waals surface area (Å²) in [7, 11) is 2.12. The molecule has 1 atom stereocenters. The highest BCUT2D eigenvalue weighted by Gasteiger charge is 2.11.